The average molecular weight is 399 g/mol. The number of carbonyl (C=O) groups excluding carboxylic acids is 1. The normalized spacial score (nSPS) is 18.6. The predicted molar refractivity (Wildman–Crippen MR) is 108 cm³/mol. The Morgan fingerprint density at radius 1 is 1.07 bits per heavy atom. The van der Waals surface area contributed by atoms with E-state index in [2.05, 4.69) is 4.98 Å². The smallest absolute Gasteiger partial charge is 0.351 e. The molecule has 9 nitrogen and oxygen atoms in total. The quantitative estimate of drug-likeness (QED) is 0.579. The highest BCUT2D eigenvalue weighted by molar-refractivity contribution is 5.79. The molecule has 2 aliphatic rings. The zero-order chi connectivity index (χ0) is 20.4. The van der Waals surface area contributed by atoms with Crippen LogP contribution in [0.4, 0.5) is 11.5 Å². The Morgan fingerprint density at radius 2 is 1.76 bits per heavy atom. The van der Waals surface area contributed by atoms with Crippen molar-refractivity contribution in [2.75, 3.05) is 31.1 Å². The first kappa shape index (κ1) is 19.4. The van der Waals surface area contributed by atoms with E-state index in [0.29, 0.717) is 31.6 Å². The minimum Gasteiger partial charge on any atom is -0.351 e. The van der Waals surface area contributed by atoms with E-state index in [0.717, 1.165) is 25.9 Å². The first-order valence-corrected chi connectivity index (χ1v) is 10.3. The number of nitrogens with zero attached hydrogens (tertiary/aromatic N) is 5. The number of carbonyl (C=O) groups is 1. The summed E-state index contributed by atoms with van der Waals surface area (Å²) in [6.07, 6.45) is 7.17. The second-order valence-electron chi connectivity index (χ2n) is 7.78. The molecule has 0 radical (unpaired) electrons. The molecule has 0 N–H and O–H groups in total. The van der Waals surface area contributed by atoms with Gasteiger partial charge in [-0.2, -0.15) is 0 Å². The number of aromatic nitrogens is 2. The van der Waals surface area contributed by atoms with Gasteiger partial charge < -0.3 is 9.80 Å². The Kier molecular flexibility index (Phi) is 5.46. The van der Waals surface area contributed by atoms with Crippen molar-refractivity contribution < 1.29 is 9.72 Å². The molecule has 2 aliphatic heterocycles. The van der Waals surface area contributed by atoms with Gasteiger partial charge >= 0.3 is 11.2 Å². The fourth-order valence-corrected chi connectivity index (χ4v) is 4.34. The van der Waals surface area contributed by atoms with Crippen molar-refractivity contribution in [2.45, 2.75) is 38.5 Å². The number of amides is 1. The third-order valence-electron chi connectivity index (χ3n) is 5.94. The molecule has 0 spiro atoms. The van der Waals surface area contributed by atoms with Crippen molar-refractivity contribution in [3.63, 3.8) is 0 Å². The van der Waals surface area contributed by atoms with Crippen molar-refractivity contribution >= 4 is 23.1 Å². The summed E-state index contributed by atoms with van der Waals surface area (Å²) in [4.78, 5) is 44.6. The molecule has 2 aromatic rings. The number of rotatable bonds is 3. The molecule has 0 aromatic carbocycles. The van der Waals surface area contributed by atoms with Crippen LogP contribution >= 0.6 is 0 Å². The number of pyridine rings is 1. The van der Waals surface area contributed by atoms with Crippen molar-refractivity contribution in [3.8, 4) is 0 Å². The number of fused-ring (bicyclic) bond motifs is 1. The summed E-state index contributed by atoms with van der Waals surface area (Å²) < 4.78 is 1.19. The van der Waals surface area contributed by atoms with Gasteiger partial charge in [0.05, 0.1) is 4.92 Å². The minimum absolute atomic E-state index is 0.0649. The second kappa shape index (κ2) is 8.18. The van der Waals surface area contributed by atoms with Crippen LogP contribution in [-0.2, 0) is 4.79 Å². The number of hydrogen-bond donors (Lipinski definition) is 0. The maximum absolute atomic E-state index is 12.9. The molecule has 2 saturated heterocycles. The van der Waals surface area contributed by atoms with E-state index >= 15 is 0 Å². The number of hydrogen-bond acceptors (Lipinski definition) is 6. The number of likely N-dealkylation sites (tertiary alicyclic amines) is 1. The van der Waals surface area contributed by atoms with E-state index < -0.39 is 16.2 Å². The van der Waals surface area contributed by atoms with Gasteiger partial charge in [0.15, 0.2) is 0 Å². The summed E-state index contributed by atoms with van der Waals surface area (Å²) in [5.41, 5.74) is -0.815. The second-order valence-corrected chi connectivity index (χ2v) is 7.78. The molecule has 29 heavy (non-hydrogen) atoms. The summed E-state index contributed by atoms with van der Waals surface area (Å²) in [5, 5.41) is 11.6. The van der Waals surface area contributed by atoms with Crippen LogP contribution in [0.1, 0.15) is 38.5 Å². The molecule has 0 saturated carbocycles. The Bertz CT molecular complexity index is 972. The summed E-state index contributed by atoms with van der Waals surface area (Å²) >= 11 is 0. The van der Waals surface area contributed by atoms with Crippen LogP contribution < -0.4 is 10.5 Å². The lowest BCUT2D eigenvalue weighted by molar-refractivity contribution is -0.385. The summed E-state index contributed by atoms with van der Waals surface area (Å²) in [7, 11) is 0. The van der Waals surface area contributed by atoms with Crippen LogP contribution in [-0.4, -0.2) is 51.3 Å². The van der Waals surface area contributed by atoms with E-state index in [4.69, 9.17) is 0 Å². The highest BCUT2D eigenvalue weighted by Gasteiger charge is 2.33. The lowest BCUT2D eigenvalue weighted by atomic mass is 9.95. The van der Waals surface area contributed by atoms with Crippen LogP contribution in [0.5, 0.6) is 0 Å². The fourth-order valence-electron chi connectivity index (χ4n) is 4.34. The van der Waals surface area contributed by atoms with Gasteiger partial charge in [-0.15, -0.1) is 0 Å². The molecule has 154 valence electrons. The van der Waals surface area contributed by atoms with Gasteiger partial charge in [-0.3, -0.25) is 24.1 Å². The van der Waals surface area contributed by atoms with E-state index in [1.807, 2.05) is 4.90 Å². The molecule has 0 bridgehead atoms. The van der Waals surface area contributed by atoms with Crippen molar-refractivity contribution in [2.24, 2.45) is 5.92 Å². The SMILES string of the molecule is O=C(C1CCN(c2nc3ccccn3c(=O)c2[N+](=O)[O-])CC1)N1CCCCCC1. The summed E-state index contributed by atoms with van der Waals surface area (Å²) in [6, 6.07) is 5.03. The Morgan fingerprint density at radius 3 is 2.41 bits per heavy atom. The van der Waals surface area contributed by atoms with Crippen molar-refractivity contribution in [1.29, 1.82) is 0 Å². The van der Waals surface area contributed by atoms with E-state index in [-0.39, 0.29) is 17.6 Å². The molecule has 4 rings (SSSR count). The first-order valence-electron chi connectivity index (χ1n) is 10.3. The maximum atomic E-state index is 12.9. The van der Waals surface area contributed by atoms with Gasteiger partial charge in [-0.05, 0) is 37.8 Å². The fraction of sp³-hybridized carbons (Fsp3) is 0.550. The van der Waals surface area contributed by atoms with Gasteiger partial charge in [0.1, 0.15) is 5.65 Å². The molecule has 2 fully saturated rings. The van der Waals surface area contributed by atoms with Crippen LogP contribution in [0, 0.1) is 16.0 Å². The number of piperidine rings is 1. The lowest BCUT2D eigenvalue weighted by Crippen LogP contribution is -2.43. The highest BCUT2D eigenvalue weighted by atomic mass is 16.6. The molecular weight excluding hydrogens is 374 g/mol. The molecule has 9 heteroatoms. The molecular formula is C20H25N5O4. The standard InChI is InChI=1S/C20H25N5O4/c26-19(23-10-4-1-2-5-11-23)15-8-13-22(14-9-15)18-17(25(28)29)20(27)24-12-6-3-7-16(24)21-18/h3,6-7,12,15H,1-2,4-5,8-11,13-14H2. The first-order chi connectivity index (χ1) is 14.1. The minimum atomic E-state index is -0.682. The average Bonchev–Trinajstić information content (AvgIpc) is 3.02. The van der Waals surface area contributed by atoms with Crippen molar-refractivity contribution in [3.05, 3.63) is 44.9 Å². The predicted octanol–water partition coefficient (Wildman–Crippen LogP) is 2.22. The van der Waals surface area contributed by atoms with Gasteiger partial charge in [0.25, 0.3) is 0 Å². The number of anilines is 1. The van der Waals surface area contributed by atoms with Crippen LogP contribution in [0.15, 0.2) is 29.2 Å². The van der Waals surface area contributed by atoms with E-state index in [9.17, 15) is 19.7 Å². The van der Waals surface area contributed by atoms with Gasteiger partial charge in [0, 0.05) is 38.3 Å². The molecule has 1 amide bonds. The summed E-state index contributed by atoms with van der Waals surface area (Å²) in [5.74, 6) is 0.240. The molecule has 0 atom stereocenters. The molecule has 2 aromatic heterocycles. The topological polar surface area (TPSA) is 101 Å². The van der Waals surface area contributed by atoms with Crippen molar-refractivity contribution in [1.82, 2.24) is 14.3 Å². The maximum Gasteiger partial charge on any atom is 0.376 e. The Hall–Kier alpha value is -2.97. The monoisotopic (exact) mass is 399 g/mol. The zero-order valence-corrected chi connectivity index (χ0v) is 16.3. The van der Waals surface area contributed by atoms with Crippen LogP contribution in [0.2, 0.25) is 0 Å². The van der Waals surface area contributed by atoms with Gasteiger partial charge in [-0.1, -0.05) is 18.9 Å². The van der Waals surface area contributed by atoms with E-state index in [1.54, 1.807) is 23.1 Å². The molecule has 0 unspecified atom stereocenters. The zero-order valence-electron chi connectivity index (χ0n) is 16.3. The number of nitro groups is 1. The Labute approximate surface area is 168 Å². The van der Waals surface area contributed by atoms with Gasteiger partial charge in [-0.25, -0.2) is 4.98 Å². The molecule has 0 aliphatic carbocycles. The highest BCUT2D eigenvalue weighted by Crippen LogP contribution is 2.29. The molecule has 4 heterocycles. The third-order valence-corrected chi connectivity index (χ3v) is 5.94. The van der Waals surface area contributed by atoms with Crippen LogP contribution in [0.3, 0.4) is 0 Å². The van der Waals surface area contributed by atoms with Crippen LogP contribution in [0.25, 0.3) is 5.65 Å². The summed E-state index contributed by atoms with van der Waals surface area (Å²) in [6.45, 7) is 2.60. The lowest BCUT2D eigenvalue weighted by Gasteiger charge is -2.34. The largest absolute Gasteiger partial charge is 0.376 e. The third kappa shape index (κ3) is 3.81. The Balaban J connectivity index is 1.54. The van der Waals surface area contributed by atoms with E-state index in [1.165, 1.54) is 23.4 Å². The van der Waals surface area contributed by atoms with Gasteiger partial charge in [0.2, 0.25) is 11.7 Å².